The molecule has 5 heteroatoms. The highest BCUT2D eigenvalue weighted by Crippen LogP contribution is 2.24. The smallest absolute Gasteiger partial charge is 0.243 e. The molecule has 1 aromatic carbocycles. The molecule has 126 valence electrons. The van der Waals surface area contributed by atoms with Crippen LogP contribution >= 0.6 is 0 Å². The Morgan fingerprint density at radius 3 is 2.71 bits per heavy atom. The predicted molar refractivity (Wildman–Crippen MR) is 92.9 cm³/mol. The molecular formula is C19H23N3O2. The second kappa shape index (κ2) is 9.51. The van der Waals surface area contributed by atoms with E-state index in [4.69, 9.17) is 5.26 Å². The van der Waals surface area contributed by atoms with Crippen molar-refractivity contribution in [1.29, 1.82) is 5.26 Å². The summed E-state index contributed by atoms with van der Waals surface area (Å²) in [6, 6.07) is 9.06. The maximum Gasteiger partial charge on any atom is 0.243 e. The molecule has 0 aromatic heterocycles. The van der Waals surface area contributed by atoms with Crippen molar-refractivity contribution >= 4 is 17.5 Å². The summed E-state index contributed by atoms with van der Waals surface area (Å²) in [5.41, 5.74) is 1.43. The highest BCUT2D eigenvalue weighted by molar-refractivity contribution is 5.93. The van der Waals surface area contributed by atoms with Gasteiger partial charge in [-0.05, 0) is 36.5 Å². The molecule has 5 nitrogen and oxygen atoms in total. The maximum atomic E-state index is 12.0. The summed E-state index contributed by atoms with van der Waals surface area (Å²) in [6.45, 7) is 0.330. The van der Waals surface area contributed by atoms with Crippen LogP contribution < -0.4 is 10.6 Å². The van der Waals surface area contributed by atoms with Gasteiger partial charge in [0.2, 0.25) is 11.8 Å². The Labute approximate surface area is 142 Å². The van der Waals surface area contributed by atoms with Gasteiger partial charge < -0.3 is 10.6 Å². The van der Waals surface area contributed by atoms with Crippen molar-refractivity contribution in [3.8, 4) is 6.07 Å². The summed E-state index contributed by atoms with van der Waals surface area (Å²) < 4.78 is 0. The van der Waals surface area contributed by atoms with Gasteiger partial charge in [0.05, 0.1) is 6.07 Å². The minimum absolute atomic E-state index is 0.126. The van der Waals surface area contributed by atoms with E-state index in [1.54, 1.807) is 18.2 Å². The average Bonchev–Trinajstić information content (AvgIpc) is 2.60. The Morgan fingerprint density at radius 2 is 1.96 bits per heavy atom. The van der Waals surface area contributed by atoms with Crippen molar-refractivity contribution < 1.29 is 9.59 Å². The molecular weight excluding hydrogens is 302 g/mol. The highest BCUT2D eigenvalue weighted by atomic mass is 16.2. The third-order valence-electron chi connectivity index (χ3n) is 4.15. The highest BCUT2D eigenvalue weighted by Gasteiger charge is 2.11. The van der Waals surface area contributed by atoms with Gasteiger partial charge in [-0.2, -0.15) is 5.26 Å². The molecule has 1 aliphatic rings. The van der Waals surface area contributed by atoms with E-state index in [2.05, 4.69) is 10.6 Å². The van der Waals surface area contributed by atoms with Crippen LogP contribution in [0.2, 0.25) is 0 Å². The molecule has 0 heterocycles. The van der Waals surface area contributed by atoms with E-state index in [0.29, 0.717) is 18.2 Å². The first kappa shape index (κ1) is 17.7. The number of anilines is 1. The fraction of sp³-hybridized carbons (Fsp3) is 0.421. The molecule has 0 radical (unpaired) electrons. The molecule has 2 N–H and O–H groups in total. The lowest BCUT2D eigenvalue weighted by atomic mass is 9.89. The largest absolute Gasteiger partial charge is 0.348 e. The number of amides is 2. The zero-order chi connectivity index (χ0) is 17.2. The van der Waals surface area contributed by atoms with E-state index in [0.717, 1.165) is 18.4 Å². The molecule has 0 spiro atoms. The normalized spacial score (nSPS) is 15.0. The van der Waals surface area contributed by atoms with E-state index < -0.39 is 0 Å². The fourth-order valence-electron chi connectivity index (χ4n) is 2.85. The summed E-state index contributed by atoms with van der Waals surface area (Å²) in [5, 5.41) is 14.1. The van der Waals surface area contributed by atoms with Gasteiger partial charge in [-0.25, -0.2) is 0 Å². The molecule has 24 heavy (non-hydrogen) atoms. The number of para-hydroxylation sites is 1. The first-order valence-corrected chi connectivity index (χ1v) is 8.40. The number of allylic oxidation sites excluding steroid dienone is 1. The summed E-state index contributed by atoms with van der Waals surface area (Å²) in [6.07, 6.45) is 9.55. The molecule has 0 bridgehead atoms. The number of carbonyl (C=O) groups is 2. The van der Waals surface area contributed by atoms with E-state index >= 15 is 0 Å². The fourth-order valence-corrected chi connectivity index (χ4v) is 2.85. The number of nitriles is 1. The van der Waals surface area contributed by atoms with Crippen LogP contribution in [0.5, 0.6) is 0 Å². The number of carbonyl (C=O) groups excluding carboxylic acids is 2. The maximum absolute atomic E-state index is 12.0. The molecule has 0 atom stereocenters. The zero-order valence-corrected chi connectivity index (χ0v) is 13.8. The van der Waals surface area contributed by atoms with E-state index in [1.807, 2.05) is 24.3 Å². The molecule has 0 aliphatic heterocycles. The van der Waals surface area contributed by atoms with Crippen molar-refractivity contribution in [2.75, 3.05) is 5.32 Å². The lowest BCUT2D eigenvalue weighted by Crippen LogP contribution is -2.22. The summed E-state index contributed by atoms with van der Waals surface area (Å²) in [5.74, 6) is 0.0363. The molecule has 1 aliphatic carbocycles. The lowest BCUT2D eigenvalue weighted by Gasteiger charge is -2.17. The third-order valence-corrected chi connectivity index (χ3v) is 4.15. The van der Waals surface area contributed by atoms with Gasteiger partial charge in [0.15, 0.2) is 0 Å². The second-order valence-corrected chi connectivity index (χ2v) is 6.02. The van der Waals surface area contributed by atoms with Crippen LogP contribution in [-0.4, -0.2) is 11.8 Å². The van der Waals surface area contributed by atoms with Crippen molar-refractivity contribution in [3.63, 3.8) is 0 Å². The number of nitrogens with zero attached hydrogens (tertiary/aromatic N) is 1. The van der Waals surface area contributed by atoms with Gasteiger partial charge >= 0.3 is 0 Å². The Kier molecular flexibility index (Phi) is 7.03. The van der Waals surface area contributed by atoms with Gasteiger partial charge in [-0.1, -0.05) is 43.5 Å². The van der Waals surface area contributed by atoms with Crippen LogP contribution in [0.4, 0.5) is 5.69 Å². The van der Waals surface area contributed by atoms with Crippen molar-refractivity contribution in [3.05, 3.63) is 42.0 Å². The summed E-state index contributed by atoms with van der Waals surface area (Å²) in [4.78, 5) is 23.5. The Hall–Kier alpha value is -2.61. The van der Waals surface area contributed by atoms with Crippen LogP contribution in [0.3, 0.4) is 0 Å². The van der Waals surface area contributed by atoms with Gasteiger partial charge in [-0.3, -0.25) is 9.59 Å². The standard InChI is InChI=1S/C19H23N3O2/c20-13-12-19(24)22-17-9-5-4-8-16(17)14-21-18(23)11-10-15-6-2-1-3-7-15/h4-5,8-11,15H,1-3,6-7,12,14H2,(H,21,23)(H,22,24)/b11-10+. The van der Waals surface area contributed by atoms with Crippen LogP contribution in [0.25, 0.3) is 0 Å². The molecule has 1 saturated carbocycles. The molecule has 2 amide bonds. The Bertz CT molecular complexity index is 640. The summed E-state index contributed by atoms with van der Waals surface area (Å²) >= 11 is 0. The van der Waals surface area contributed by atoms with Crippen molar-refractivity contribution in [2.24, 2.45) is 5.92 Å². The van der Waals surface area contributed by atoms with Gasteiger partial charge in [0.25, 0.3) is 0 Å². The van der Waals surface area contributed by atoms with E-state index in [1.165, 1.54) is 19.3 Å². The van der Waals surface area contributed by atoms with Gasteiger partial charge in [-0.15, -0.1) is 0 Å². The van der Waals surface area contributed by atoms with Crippen LogP contribution in [0.15, 0.2) is 36.4 Å². The Balaban J connectivity index is 1.87. The van der Waals surface area contributed by atoms with Crippen LogP contribution in [-0.2, 0) is 16.1 Å². The predicted octanol–water partition coefficient (Wildman–Crippen LogP) is 3.29. The minimum Gasteiger partial charge on any atom is -0.348 e. The van der Waals surface area contributed by atoms with E-state index in [9.17, 15) is 9.59 Å². The van der Waals surface area contributed by atoms with E-state index in [-0.39, 0.29) is 18.2 Å². The first-order chi connectivity index (χ1) is 11.7. The number of hydrogen-bond acceptors (Lipinski definition) is 3. The molecule has 0 unspecified atom stereocenters. The molecule has 0 saturated heterocycles. The first-order valence-electron chi connectivity index (χ1n) is 8.40. The number of benzene rings is 1. The molecule has 1 aromatic rings. The Morgan fingerprint density at radius 1 is 1.21 bits per heavy atom. The topological polar surface area (TPSA) is 82.0 Å². The van der Waals surface area contributed by atoms with Crippen molar-refractivity contribution in [2.45, 2.75) is 45.1 Å². The van der Waals surface area contributed by atoms with Gasteiger partial charge in [0, 0.05) is 12.2 Å². The van der Waals surface area contributed by atoms with Crippen LogP contribution in [0, 0.1) is 17.2 Å². The quantitative estimate of drug-likeness (QED) is 0.787. The summed E-state index contributed by atoms with van der Waals surface area (Å²) in [7, 11) is 0. The SMILES string of the molecule is N#CCC(=O)Nc1ccccc1CNC(=O)/C=C/C1CCCCC1. The lowest BCUT2D eigenvalue weighted by molar-refractivity contribution is -0.117. The monoisotopic (exact) mass is 325 g/mol. The zero-order valence-electron chi connectivity index (χ0n) is 13.8. The average molecular weight is 325 g/mol. The molecule has 2 rings (SSSR count). The number of hydrogen-bond donors (Lipinski definition) is 2. The third kappa shape index (κ3) is 5.88. The number of nitrogens with one attached hydrogen (secondary N) is 2. The minimum atomic E-state index is -0.353. The van der Waals surface area contributed by atoms with Crippen molar-refractivity contribution in [1.82, 2.24) is 5.32 Å². The number of rotatable bonds is 6. The van der Waals surface area contributed by atoms with Gasteiger partial charge in [0.1, 0.15) is 6.42 Å². The second-order valence-electron chi connectivity index (χ2n) is 6.02. The molecule has 1 fully saturated rings. The van der Waals surface area contributed by atoms with Crippen LogP contribution in [0.1, 0.15) is 44.1 Å².